The highest BCUT2D eigenvalue weighted by Crippen LogP contribution is 2.24. The first-order valence-electron chi connectivity index (χ1n) is 6.05. The first-order valence-corrected chi connectivity index (χ1v) is 6.58. The quantitative estimate of drug-likeness (QED) is 0.587. The summed E-state index contributed by atoms with van der Waals surface area (Å²) in [5, 5.41) is 0. The van der Waals surface area contributed by atoms with E-state index in [1.807, 2.05) is 25.1 Å². The molecule has 0 amide bonds. The van der Waals surface area contributed by atoms with Crippen molar-refractivity contribution in [2.75, 3.05) is 5.88 Å². The molecule has 0 saturated heterocycles. The average molecular weight is 271 g/mol. The van der Waals surface area contributed by atoms with Crippen LogP contribution in [0.15, 0.2) is 30.3 Å². The maximum absolute atomic E-state index is 12.1. The number of carbonyl (C=O) groups excluding carboxylic acids is 1. The zero-order valence-electron chi connectivity index (χ0n) is 11.0. The monoisotopic (exact) mass is 270 g/mol. The summed E-state index contributed by atoms with van der Waals surface area (Å²) in [6.45, 7) is 5.46. The lowest BCUT2D eigenvalue weighted by Crippen LogP contribution is -2.48. The molecule has 0 spiro atoms. The fraction of sp³-hybridized carbons (Fsp3) is 0.500. The van der Waals surface area contributed by atoms with Crippen molar-refractivity contribution in [3.05, 3.63) is 30.3 Å². The van der Waals surface area contributed by atoms with Gasteiger partial charge in [-0.2, -0.15) is 0 Å². The number of hydrogen-bond donors (Lipinski definition) is 0. The van der Waals surface area contributed by atoms with Crippen LogP contribution < -0.4 is 4.74 Å². The van der Waals surface area contributed by atoms with Crippen molar-refractivity contribution in [3.63, 3.8) is 0 Å². The van der Waals surface area contributed by atoms with Gasteiger partial charge in [0.25, 0.3) is 0 Å². The molecule has 1 aromatic rings. The van der Waals surface area contributed by atoms with E-state index in [1.165, 1.54) is 0 Å². The van der Waals surface area contributed by atoms with Gasteiger partial charge in [-0.15, -0.1) is 11.6 Å². The topological polar surface area (TPSA) is 35.5 Å². The molecule has 4 heteroatoms. The molecule has 0 N–H and O–H groups in total. The second kappa shape index (κ2) is 6.64. The Labute approximate surface area is 113 Å². The predicted molar refractivity (Wildman–Crippen MR) is 72.0 cm³/mol. The summed E-state index contributed by atoms with van der Waals surface area (Å²) in [5.74, 6) is 0.254. The van der Waals surface area contributed by atoms with Gasteiger partial charge in [0.2, 0.25) is 5.60 Å². The lowest BCUT2D eigenvalue weighted by Gasteiger charge is -2.30. The van der Waals surface area contributed by atoms with Crippen LogP contribution in [0.2, 0.25) is 0 Å². The Hall–Kier alpha value is -1.22. The molecule has 0 aromatic heterocycles. The van der Waals surface area contributed by atoms with Crippen molar-refractivity contribution in [2.45, 2.75) is 38.9 Å². The number of rotatable bonds is 6. The molecule has 0 saturated carbocycles. The van der Waals surface area contributed by atoms with Gasteiger partial charge in [-0.25, -0.2) is 4.79 Å². The van der Waals surface area contributed by atoms with Crippen LogP contribution in [0.5, 0.6) is 5.75 Å². The van der Waals surface area contributed by atoms with Crippen LogP contribution in [0.4, 0.5) is 0 Å². The zero-order chi connectivity index (χ0) is 13.6. The normalized spacial score (nSPS) is 14.1. The maximum atomic E-state index is 12.1. The highest BCUT2D eigenvalue weighted by Gasteiger charge is 2.40. The van der Waals surface area contributed by atoms with Gasteiger partial charge >= 0.3 is 5.97 Å². The number of hydrogen-bond acceptors (Lipinski definition) is 3. The molecule has 0 fully saturated rings. The number of ether oxygens (including phenoxy) is 2. The van der Waals surface area contributed by atoms with Crippen LogP contribution in [0, 0.1) is 0 Å². The largest absolute Gasteiger partial charge is 0.474 e. The molecule has 1 unspecified atom stereocenters. The van der Waals surface area contributed by atoms with Gasteiger partial charge in [0.1, 0.15) is 5.75 Å². The summed E-state index contributed by atoms with van der Waals surface area (Å²) >= 11 is 5.93. The van der Waals surface area contributed by atoms with Crippen molar-refractivity contribution in [3.8, 4) is 5.75 Å². The minimum absolute atomic E-state index is 0.0595. The van der Waals surface area contributed by atoms with Gasteiger partial charge in [0, 0.05) is 0 Å². The minimum Gasteiger partial charge on any atom is -0.474 e. The third-order valence-corrected chi connectivity index (χ3v) is 2.99. The summed E-state index contributed by atoms with van der Waals surface area (Å²) < 4.78 is 11.0. The molecular formula is C14H19ClO3. The van der Waals surface area contributed by atoms with Crippen molar-refractivity contribution in [1.29, 1.82) is 0 Å². The van der Waals surface area contributed by atoms with Crippen LogP contribution >= 0.6 is 11.6 Å². The molecule has 1 aromatic carbocycles. The van der Waals surface area contributed by atoms with Crippen LogP contribution in [-0.2, 0) is 9.53 Å². The molecule has 3 nitrogen and oxygen atoms in total. The van der Waals surface area contributed by atoms with Crippen LogP contribution in [0.3, 0.4) is 0 Å². The Morgan fingerprint density at radius 3 is 2.39 bits per heavy atom. The van der Waals surface area contributed by atoms with Crippen molar-refractivity contribution < 1.29 is 14.3 Å². The molecule has 0 bridgehead atoms. The summed E-state index contributed by atoms with van der Waals surface area (Å²) in [5.41, 5.74) is -1.12. The van der Waals surface area contributed by atoms with Crippen LogP contribution in [0.1, 0.15) is 27.2 Å². The first-order chi connectivity index (χ1) is 8.54. The van der Waals surface area contributed by atoms with E-state index < -0.39 is 11.6 Å². The van der Waals surface area contributed by atoms with Gasteiger partial charge < -0.3 is 9.47 Å². The average Bonchev–Trinajstić information content (AvgIpc) is 2.36. The predicted octanol–water partition coefficient (Wildman–Crippen LogP) is 3.40. The van der Waals surface area contributed by atoms with Gasteiger partial charge in [-0.05, 0) is 32.4 Å². The number of para-hydroxylation sites is 1. The molecule has 100 valence electrons. The molecule has 0 aliphatic heterocycles. The van der Waals surface area contributed by atoms with E-state index >= 15 is 0 Å². The van der Waals surface area contributed by atoms with E-state index in [1.54, 1.807) is 26.0 Å². The summed E-state index contributed by atoms with van der Waals surface area (Å²) in [7, 11) is 0. The Balaban J connectivity index is 2.89. The highest BCUT2D eigenvalue weighted by molar-refractivity contribution is 6.20. The van der Waals surface area contributed by atoms with Crippen LogP contribution in [0.25, 0.3) is 0 Å². The first kappa shape index (κ1) is 14.8. The number of carbonyl (C=O) groups is 1. The summed E-state index contributed by atoms with van der Waals surface area (Å²) in [6.07, 6.45) is 0.266. The van der Waals surface area contributed by atoms with E-state index in [4.69, 9.17) is 21.1 Å². The van der Waals surface area contributed by atoms with Crippen molar-refractivity contribution >= 4 is 17.6 Å². The summed E-state index contributed by atoms with van der Waals surface area (Å²) in [6, 6.07) is 9.16. The fourth-order valence-corrected chi connectivity index (χ4v) is 1.82. The lowest BCUT2D eigenvalue weighted by molar-refractivity contribution is -0.164. The lowest BCUT2D eigenvalue weighted by atomic mass is 10.0. The third kappa shape index (κ3) is 3.64. The molecule has 0 aliphatic rings. The van der Waals surface area contributed by atoms with E-state index in [0.29, 0.717) is 12.2 Å². The molecule has 0 aliphatic carbocycles. The highest BCUT2D eigenvalue weighted by atomic mass is 35.5. The van der Waals surface area contributed by atoms with Gasteiger partial charge in [0.15, 0.2) is 0 Å². The smallest absolute Gasteiger partial charge is 0.352 e. The molecule has 0 heterocycles. The third-order valence-electron chi connectivity index (χ3n) is 2.56. The zero-order valence-corrected chi connectivity index (χ0v) is 11.7. The standard InChI is InChI=1S/C14H19ClO3/c1-4-14(10-15,13(16)17-11(2)3)18-12-8-6-5-7-9-12/h5-9,11H,4,10H2,1-3H3. The molecule has 1 rings (SSSR count). The summed E-state index contributed by atoms with van der Waals surface area (Å²) in [4.78, 5) is 12.1. The van der Waals surface area contributed by atoms with Crippen molar-refractivity contribution in [1.82, 2.24) is 0 Å². The SMILES string of the molecule is CCC(CCl)(Oc1ccccc1)C(=O)OC(C)C. The number of alkyl halides is 1. The minimum atomic E-state index is -1.12. The maximum Gasteiger partial charge on any atom is 0.352 e. The van der Waals surface area contributed by atoms with E-state index in [2.05, 4.69) is 0 Å². The molecule has 1 atom stereocenters. The van der Waals surface area contributed by atoms with Gasteiger partial charge in [0.05, 0.1) is 12.0 Å². The molecular weight excluding hydrogens is 252 g/mol. The Kier molecular flexibility index (Phi) is 5.48. The van der Waals surface area contributed by atoms with E-state index in [-0.39, 0.29) is 12.0 Å². The Bertz CT molecular complexity index is 372. The van der Waals surface area contributed by atoms with Gasteiger partial charge in [-0.3, -0.25) is 0 Å². The molecule has 0 radical (unpaired) electrons. The number of benzene rings is 1. The van der Waals surface area contributed by atoms with Gasteiger partial charge in [-0.1, -0.05) is 25.1 Å². The molecule has 18 heavy (non-hydrogen) atoms. The Morgan fingerprint density at radius 1 is 1.33 bits per heavy atom. The van der Waals surface area contributed by atoms with Crippen molar-refractivity contribution in [2.24, 2.45) is 0 Å². The van der Waals surface area contributed by atoms with Crippen LogP contribution in [-0.4, -0.2) is 23.6 Å². The number of halogens is 1. The number of esters is 1. The fourth-order valence-electron chi connectivity index (χ4n) is 1.47. The second-order valence-corrected chi connectivity index (χ2v) is 4.62. The van der Waals surface area contributed by atoms with E-state index in [0.717, 1.165) is 0 Å². The van der Waals surface area contributed by atoms with E-state index in [9.17, 15) is 4.79 Å². The second-order valence-electron chi connectivity index (χ2n) is 4.35. The Morgan fingerprint density at radius 2 is 1.94 bits per heavy atom.